The number of rotatable bonds is 5. The average molecular weight is 290 g/mol. The monoisotopic (exact) mass is 290 g/mol. The van der Waals surface area contributed by atoms with Gasteiger partial charge in [0.1, 0.15) is 12.4 Å². The standard InChI is InChI=1S/C17H26N2O2/c1-13-6-8-16(9-7-13)21-11-10-18-17(20)19-15-5-3-4-14(2)12-15/h6-9,14-15H,3-5,10-12H2,1-2H3,(H2,18,19,20)/t14-,15-/m1/s1. The van der Waals surface area contributed by atoms with Crippen molar-refractivity contribution in [2.75, 3.05) is 13.2 Å². The Bertz CT molecular complexity index is 445. The largest absolute Gasteiger partial charge is 0.492 e. The molecular formula is C17H26N2O2. The maximum Gasteiger partial charge on any atom is 0.315 e. The number of carbonyl (C=O) groups is 1. The number of ether oxygens (including phenoxy) is 1. The van der Waals surface area contributed by atoms with Crippen molar-refractivity contribution in [3.63, 3.8) is 0 Å². The third kappa shape index (κ3) is 5.66. The van der Waals surface area contributed by atoms with E-state index in [1.54, 1.807) is 0 Å². The number of urea groups is 1. The van der Waals surface area contributed by atoms with Gasteiger partial charge in [0, 0.05) is 6.04 Å². The van der Waals surface area contributed by atoms with Crippen LogP contribution < -0.4 is 15.4 Å². The second kappa shape index (κ2) is 7.91. The minimum absolute atomic E-state index is 0.0818. The fourth-order valence-electron chi connectivity index (χ4n) is 2.77. The summed E-state index contributed by atoms with van der Waals surface area (Å²) in [6.07, 6.45) is 4.68. The molecule has 0 aliphatic heterocycles. The Morgan fingerprint density at radius 3 is 2.76 bits per heavy atom. The highest BCUT2D eigenvalue weighted by atomic mass is 16.5. The zero-order valence-electron chi connectivity index (χ0n) is 13.0. The van der Waals surface area contributed by atoms with E-state index in [1.807, 2.05) is 31.2 Å². The first-order chi connectivity index (χ1) is 10.1. The minimum atomic E-state index is -0.0818. The molecule has 1 saturated carbocycles. The highest BCUT2D eigenvalue weighted by Crippen LogP contribution is 2.23. The van der Waals surface area contributed by atoms with E-state index in [4.69, 9.17) is 4.74 Å². The molecule has 1 aromatic rings. The first-order valence-corrected chi connectivity index (χ1v) is 7.87. The van der Waals surface area contributed by atoms with Crippen LogP contribution in [0.1, 0.15) is 38.2 Å². The summed E-state index contributed by atoms with van der Waals surface area (Å²) in [5, 5.41) is 5.90. The summed E-state index contributed by atoms with van der Waals surface area (Å²) >= 11 is 0. The molecule has 2 atom stereocenters. The molecule has 0 heterocycles. The van der Waals surface area contributed by atoms with Gasteiger partial charge < -0.3 is 15.4 Å². The lowest BCUT2D eigenvalue weighted by molar-refractivity contribution is 0.224. The van der Waals surface area contributed by atoms with Crippen LogP contribution in [0.2, 0.25) is 0 Å². The molecule has 4 heteroatoms. The fraction of sp³-hybridized carbons (Fsp3) is 0.588. The van der Waals surface area contributed by atoms with Gasteiger partial charge in [0.25, 0.3) is 0 Å². The second-order valence-corrected chi connectivity index (χ2v) is 6.03. The van der Waals surface area contributed by atoms with Gasteiger partial charge in [-0.05, 0) is 37.8 Å². The maximum absolute atomic E-state index is 11.8. The van der Waals surface area contributed by atoms with E-state index in [-0.39, 0.29) is 6.03 Å². The van der Waals surface area contributed by atoms with Crippen molar-refractivity contribution in [3.8, 4) is 5.75 Å². The Balaban J connectivity index is 1.59. The third-order valence-corrected chi connectivity index (χ3v) is 3.95. The van der Waals surface area contributed by atoms with Gasteiger partial charge in [-0.3, -0.25) is 0 Å². The smallest absolute Gasteiger partial charge is 0.315 e. The molecule has 0 aromatic heterocycles. The molecule has 0 spiro atoms. The first kappa shape index (κ1) is 15.7. The molecule has 2 N–H and O–H groups in total. The van der Waals surface area contributed by atoms with Gasteiger partial charge in [0.2, 0.25) is 0 Å². The van der Waals surface area contributed by atoms with Crippen LogP contribution in [-0.2, 0) is 0 Å². The van der Waals surface area contributed by atoms with Crippen molar-refractivity contribution < 1.29 is 9.53 Å². The van der Waals surface area contributed by atoms with Crippen molar-refractivity contribution >= 4 is 6.03 Å². The number of benzene rings is 1. The van der Waals surface area contributed by atoms with Crippen LogP contribution in [0.15, 0.2) is 24.3 Å². The van der Waals surface area contributed by atoms with Crippen LogP contribution in [0, 0.1) is 12.8 Å². The summed E-state index contributed by atoms with van der Waals surface area (Å²) in [6.45, 7) is 5.29. The van der Waals surface area contributed by atoms with E-state index < -0.39 is 0 Å². The van der Waals surface area contributed by atoms with Gasteiger partial charge in [-0.1, -0.05) is 37.5 Å². The number of aryl methyl sites for hydroxylation is 1. The van der Waals surface area contributed by atoms with Crippen molar-refractivity contribution in [1.29, 1.82) is 0 Å². The van der Waals surface area contributed by atoms with Crippen LogP contribution in [-0.4, -0.2) is 25.2 Å². The SMILES string of the molecule is Cc1ccc(OCCNC(=O)N[C@@H]2CCC[C@@H](C)C2)cc1. The highest BCUT2D eigenvalue weighted by molar-refractivity contribution is 5.74. The second-order valence-electron chi connectivity index (χ2n) is 6.03. The van der Waals surface area contributed by atoms with Crippen molar-refractivity contribution in [2.45, 2.75) is 45.6 Å². The number of nitrogens with one attached hydrogen (secondary N) is 2. The van der Waals surface area contributed by atoms with E-state index >= 15 is 0 Å². The first-order valence-electron chi connectivity index (χ1n) is 7.87. The number of hydrogen-bond donors (Lipinski definition) is 2. The predicted octanol–water partition coefficient (Wildman–Crippen LogP) is 3.25. The van der Waals surface area contributed by atoms with Gasteiger partial charge in [-0.2, -0.15) is 0 Å². The van der Waals surface area contributed by atoms with E-state index in [2.05, 4.69) is 17.6 Å². The van der Waals surface area contributed by atoms with Gasteiger partial charge >= 0.3 is 6.03 Å². The fourth-order valence-corrected chi connectivity index (χ4v) is 2.77. The molecule has 2 amide bonds. The van der Waals surface area contributed by atoms with Crippen molar-refractivity contribution in [1.82, 2.24) is 10.6 Å². The number of hydrogen-bond acceptors (Lipinski definition) is 2. The molecule has 0 saturated heterocycles. The molecule has 4 nitrogen and oxygen atoms in total. The summed E-state index contributed by atoms with van der Waals surface area (Å²) < 4.78 is 5.58. The zero-order valence-corrected chi connectivity index (χ0v) is 13.0. The minimum Gasteiger partial charge on any atom is -0.492 e. The number of amides is 2. The Kier molecular flexibility index (Phi) is 5.90. The third-order valence-electron chi connectivity index (χ3n) is 3.95. The lowest BCUT2D eigenvalue weighted by atomic mass is 9.87. The quantitative estimate of drug-likeness (QED) is 0.818. The average Bonchev–Trinajstić information content (AvgIpc) is 2.45. The van der Waals surface area contributed by atoms with Crippen LogP contribution in [0.25, 0.3) is 0 Å². The lowest BCUT2D eigenvalue weighted by Gasteiger charge is -2.27. The van der Waals surface area contributed by atoms with E-state index in [0.717, 1.165) is 18.6 Å². The maximum atomic E-state index is 11.8. The zero-order chi connectivity index (χ0) is 15.1. The molecule has 1 aromatic carbocycles. The predicted molar refractivity (Wildman–Crippen MR) is 84.6 cm³/mol. The molecule has 2 rings (SSSR count). The van der Waals surface area contributed by atoms with E-state index in [9.17, 15) is 4.79 Å². The van der Waals surface area contributed by atoms with Gasteiger partial charge in [-0.15, -0.1) is 0 Å². The topological polar surface area (TPSA) is 50.4 Å². The lowest BCUT2D eigenvalue weighted by Crippen LogP contribution is -2.44. The van der Waals surface area contributed by atoms with Crippen molar-refractivity contribution in [3.05, 3.63) is 29.8 Å². The van der Waals surface area contributed by atoms with Crippen LogP contribution in [0.4, 0.5) is 4.79 Å². The van der Waals surface area contributed by atoms with Gasteiger partial charge in [0.05, 0.1) is 6.54 Å². The highest BCUT2D eigenvalue weighted by Gasteiger charge is 2.19. The Labute approximate surface area is 127 Å². The molecule has 1 aliphatic carbocycles. The van der Waals surface area contributed by atoms with E-state index in [1.165, 1.54) is 18.4 Å². The molecule has 21 heavy (non-hydrogen) atoms. The van der Waals surface area contributed by atoms with Crippen LogP contribution in [0.3, 0.4) is 0 Å². The number of carbonyl (C=O) groups excluding carboxylic acids is 1. The molecule has 0 unspecified atom stereocenters. The van der Waals surface area contributed by atoms with Gasteiger partial charge in [0.15, 0.2) is 0 Å². The summed E-state index contributed by atoms with van der Waals surface area (Å²) in [6, 6.07) is 8.16. The Hall–Kier alpha value is -1.71. The Morgan fingerprint density at radius 2 is 2.05 bits per heavy atom. The summed E-state index contributed by atoms with van der Waals surface area (Å²) in [5.41, 5.74) is 1.21. The molecule has 116 valence electrons. The molecule has 0 bridgehead atoms. The summed E-state index contributed by atoms with van der Waals surface area (Å²) in [7, 11) is 0. The summed E-state index contributed by atoms with van der Waals surface area (Å²) in [5.74, 6) is 1.55. The summed E-state index contributed by atoms with van der Waals surface area (Å²) in [4.78, 5) is 11.8. The molecular weight excluding hydrogens is 264 g/mol. The van der Waals surface area contributed by atoms with E-state index in [0.29, 0.717) is 25.1 Å². The van der Waals surface area contributed by atoms with Crippen LogP contribution in [0.5, 0.6) is 5.75 Å². The molecule has 1 aliphatic rings. The normalized spacial score (nSPS) is 21.6. The van der Waals surface area contributed by atoms with Crippen molar-refractivity contribution in [2.24, 2.45) is 5.92 Å². The molecule has 0 radical (unpaired) electrons. The van der Waals surface area contributed by atoms with Crippen LogP contribution >= 0.6 is 0 Å². The molecule has 1 fully saturated rings. The van der Waals surface area contributed by atoms with Gasteiger partial charge in [-0.25, -0.2) is 4.79 Å². The Morgan fingerprint density at radius 1 is 1.29 bits per heavy atom.